The van der Waals surface area contributed by atoms with Gasteiger partial charge in [-0.25, -0.2) is 4.98 Å². The van der Waals surface area contributed by atoms with Crippen LogP contribution in [0.4, 0.5) is 0 Å². The fraction of sp³-hybridized carbons (Fsp3) is 0.316. The molecule has 136 valence electrons. The molecule has 0 bridgehead atoms. The third-order valence-corrected chi connectivity index (χ3v) is 5.27. The monoisotopic (exact) mass is 370 g/mol. The number of hydrogen-bond donors (Lipinski definition) is 2. The Hall–Kier alpha value is -2.54. The Morgan fingerprint density at radius 3 is 2.69 bits per heavy atom. The van der Waals surface area contributed by atoms with E-state index in [9.17, 15) is 9.59 Å². The second-order valence-electron chi connectivity index (χ2n) is 6.46. The number of rotatable bonds is 5. The van der Waals surface area contributed by atoms with Gasteiger partial charge in [0.25, 0.3) is 5.56 Å². The van der Waals surface area contributed by atoms with Crippen molar-refractivity contribution in [3.05, 3.63) is 57.5 Å². The molecule has 0 aliphatic carbocycles. The van der Waals surface area contributed by atoms with Gasteiger partial charge >= 0.3 is 0 Å². The second-order valence-corrected chi connectivity index (χ2v) is 7.40. The minimum Gasteiger partial charge on any atom is -0.353 e. The third-order valence-electron chi connectivity index (χ3n) is 4.24. The summed E-state index contributed by atoms with van der Waals surface area (Å²) < 4.78 is 1.47. The van der Waals surface area contributed by atoms with E-state index < -0.39 is 0 Å². The predicted octanol–water partition coefficient (Wildman–Crippen LogP) is 2.85. The van der Waals surface area contributed by atoms with Crippen LogP contribution < -0.4 is 10.9 Å². The summed E-state index contributed by atoms with van der Waals surface area (Å²) >= 11 is 1.26. The highest BCUT2D eigenvalue weighted by Gasteiger charge is 2.14. The zero-order valence-electron chi connectivity index (χ0n) is 15.3. The van der Waals surface area contributed by atoms with Crippen LogP contribution in [0.25, 0.3) is 11.0 Å². The summed E-state index contributed by atoms with van der Waals surface area (Å²) in [4.78, 5) is 32.2. The highest BCUT2D eigenvalue weighted by Crippen LogP contribution is 2.18. The number of carbonyl (C=O) groups excluding carboxylic acids is 1. The highest BCUT2D eigenvalue weighted by atomic mass is 32.2. The quantitative estimate of drug-likeness (QED) is 0.535. The number of aryl methyl sites for hydroxylation is 2. The Morgan fingerprint density at radius 2 is 2.00 bits per heavy atom. The molecule has 0 saturated carbocycles. The topological polar surface area (TPSA) is 79.8 Å². The summed E-state index contributed by atoms with van der Waals surface area (Å²) in [5, 5.41) is 3.51. The number of nitrogens with zero attached hydrogens (tertiary/aromatic N) is 2. The van der Waals surface area contributed by atoms with Gasteiger partial charge < -0.3 is 10.3 Å². The van der Waals surface area contributed by atoms with Crippen LogP contribution in [0.1, 0.15) is 29.8 Å². The SMILES string of the molecule is Cc1ccc(C(C)NC(=O)CSc2nc3cc(C)[nH]c3c(=O)n2C)cc1. The molecule has 1 unspecified atom stereocenters. The van der Waals surface area contributed by atoms with Gasteiger partial charge in [-0.2, -0.15) is 0 Å². The van der Waals surface area contributed by atoms with Crippen molar-refractivity contribution in [3.63, 3.8) is 0 Å². The molecule has 1 amide bonds. The molecule has 7 heteroatoms. The van der Waals surface area contributed by atoms with Crippen LogP contribution in [0.2, 0.25) is 0 Å². The van der Waals surface area contributed by atoms with Crippen molar-refractivity contribution in [3.8, 4) is 0 Å². The number of fused-ring (bicyclic) bond motifs is 1. The van der Waals surface area contributed by atoms with Crippen LogP contribution in [-0.4, -0.2) is 26.2 Å². The summed E-state index contributed by atoms with van der Waals surface area (Å²) in [6, 6.07) is 9.85. The Balaban J connectivity index is 1.67. The number of hydrogen-bond acceptors (Lipinski definition) is 4. The summed E-state index contributed by atoms with van der Waals surface area (Å²) in [6.07, 6.45) is 0. The third kappa shape index (κ3) is 3.83. The molecule has 1 aromatic carbocycles. The van der Waals surface area contributed by atoms with Gasteiger partial charge in [0.1, 0.15) is 5.52 Å². The summed E-state index contributed by atoms with van der Waals surface area (Å²) in [7, 11) is 1.67. The lowest BCUT2D eigenvalue weighted by atomic mass is 10.1. The number of aromatic amines is 1. The number of H-pyrrole nitrogens is 1. The zero-order valence-corrected chi connectivity index (χ0v) is 16.1. The molecular formula is C19H22N4O2S. The standard InChI is InChI=1S/C19H22N4O2S/c1-11-5-7-14(8-6-11)13(3)21-16(24)10-26-19-22-15-9-12(2)20-17(15)18(25)23(19)4/h5-9,13,20H,10H2,1-4H3,(H,21,24). The number of amides is 1. The molecular weight excluding hydrogens is 348 g/mol. The minimum absolute atomic E-state index is 0.0738. The van der Waals surface area contributed by atoms with Crippen LogP contribution in [0.5, 0.6) is 0 Å². The molecule has 0 radical (unpaired) electrons. The van der Waals surface area contributed by atoms with Crippen molar-refractivity contribution in [2.75, 3.05) is 5.75 Å². The molecule has 26 heavy (non-hydrogen) atoms. The van der Waals surface area contributed by atoms with Crippen LogP contribution in [-0.2, 0) is 11.8 Å². The first-order valence-electron chi connectivity index (χ1n) is 8.40. The molecule has 0 aliphatic heterocycles. The van der Waals surface area contributed by atoms with Gasteiger partial charge in [0.05, 0.1) is 17.3 Å². The molecule has 2 aromatic heterocycles. The number of aromatic nitrogens is 3. The lowest BCUT2D eigenvalue weighted by Gasteiger charge is -2.14. The minimum atomic E-state index is -0.140. The van der Waals surface area contributed by atoms with E-state index in [1.54, 1.807) is 7.05 Å². The Bertz CT molecular complexity index is 1000. The van der Waals surface area contributed by atoms with Crippen LogP contribution >= 0.6 is 11.8 Å². The summed E-state index contributed by atoms with van der Waals surface area (Å²) in [5.41, 5.74) is 4.11. The van der Waals surface area contributed by atoms with Gasteiger partial charge in [-0.3, -0.25) is 14.2 Å². The van der Waals surface area contributed by atoms with E-state index in [4.69, 9.17) is 0 Å². The van der Waals surface area contributed by atoms with Crippen molar-refractivity contribution >= 4 is 28.7 Å². The normalized spacial score (nSPS) is 12.3. The van der Waals surface area contributed by atoms with Crippen molar-refractivity contribution in [2.45, 2.75) is 32.0 Å². The number of thioether (sulfide) groups is 1. The second kappa shape index (κ2) is 7.37. The van der Waals surface area contributed by atoms with E-state index in [0.717, 1.165) is 11.3 Å². The first kappa shape index (κ1) is 18.3. The van der Waals surface area contributed by atoms with Gasteiger partial charge in [-0.1, -0.05) is 41.6 Å². The average molecular weight is 370 g/mol. The van der Waals surface area contributed by atoms with Crippen LogP contribution in [0.15, 0.2) is 40.3 Å². The molecule has 6 nitrogen and oxygen atoms in total. The molecule has 2 heterocycles. The Morgan fingerprint density at radius 1 is 1.31 bits per heavy atom. The van der Waals surface area contributed by atoms with E-state index in [0.29, 0.717) is 16.2 Å². The predicted molar refractivity (Wildman–Crippen MR) is 105 cm³/mol. The summed E-state index contributed by atoms with van der Waals surface area (Å²) in [5.74, 6) is 0.105. The number of carbonyl (C=O) groups is 1. The van der Waals surface area contributed by atoms with E-state index in [1.807, 2.05) is 51.1 Å². The molecule has 0 saturated heterocycles. The lowest BCUT2D eigenvalue weighted by molar-refractivity contribution is -0.119. The van der Waals surface area contributed by atoms with Gasteiger partial charge in [-0.05, 0) is 32.4 Å². The van der Waals surface area contributed by atoms with Gasteiger partial charge in [0.2, 0.25) is 5.91 Å². The summed E-state index contributed by atoms with van der Waals surface area (Å²) in [6.45, 7) is 5.87. The molecule has 0 aliphatic rings. The zero-order chi connectivity index (χ0) is 18.8. The molecule has 3 rings (SSSR count). The number of nitrogens with one attached hydrogen (secondary N) is 2. The van der Waals surface area contributed by atoms with Crippen molar-refractivity contribution < 1.29 is 4.79 Å². The number of benzene rings is 1. The fourth-order valence-corrected chi connectivity index (χ4v) is 3.52. The van der Waals surface area contributed by atoms with Crippen LogP contribution in [0, 0.1) is 13.8 Å². The van der Waals surface area contributed by atoms with Crippen LogP contribution in [0.3, 0.4) is 0 Å². The smallest absolute Gasteiger partial charge is 0.278 e. The molecule has 1 atom stereocenters. The van der Waals surface area contributed by atoms with Crippen molar-refractivity contribution in [1.82, 2.24) is 19.9 Å². The molecule has 0 fully saturated rings. The molecule has 2 N–H and O–H groups in total. The van der Waals surface area contributed by atoms with E-state index in [1.165, 1.54) is 21.9 Å². The van der Waals surface area contributed by atoms with Gasteiger partial charge in [-0.15, -0.1) is 0 Å². The van der Waals surface area contributed by atoms with Crippen molar-refractivity contribution in [2.24, 2.45) is 7.05 Å². The largest absolute Gasteiger partial charge is 0.353 e. The lowest BCUT2D eigenvalue weighted by Crippen LogP contribution is -2.28. The first-order valence-corrected chi connectivity index (χ1v) is 9.39. The average Bonchev–Trinajstić information content (AvgIpc) is 2.98. The van der Waals surface area contributed by atoms with Crippen molar-refractivity contribution in [1.29, 1.82) is 0 Å². The van der Waals surface area contributed by atoms with E-state index >= 15 is 0 Å². The molecule has 0 spiro atoms. The maximum atomic E-state index is 12.4. The maximum absolute atomic E-state index is 12.4. The Kier molecular flexibility index (Phi) is 5.18. The fourth-order valence-electron chi connectivity index (χ4n) is 2.74. The van der Waals surface area contributed by atoms with Gasteiger partial charge in [0, 0.05) is 12.7 Å². The highest BCUT2D eigenvalue weighted by molar-refractivity contribution is 7.99. The van der Waals surface area contributed by atoms with Gasteiger partial charge in [0.15, 0.2) is 5.16 Å². The van der Waals surface area contributed by atoms with E-state index in [2.05, 4.69) is 15.3 Å². The van der Waals surface area contributed by atoms with E-state index in [-0.39, 0.29) is 23.3 Å². The maximum Gasteiger partial charge on any atom is 0.278 e. The first-order chi connectivity index (χ1) is 12.3. The Labute approximate surface area is 156 Å². The molecule has 3 aromatic rings.